The first-order valence-corrected chi connectivity index (χ1v) is 9.91. The fourth-order valence-corrected chi connectivity index (χ4v) is 4.22. The highest BCUT2D eigenvalue weighted by molar-refractivity contribution is 5.92. The normalized spacial score (nSPS) is 22.5. The molecule has 1 amide bonds. The molecule has 1 aromatic heterocycles. The number of hydrogen-bond acceptors (Lipinski definition) is 5. The maximum absolute atomic E-state index is 11.6. The molecule has 2 aromatic carbocycles. The summed E-state index contributed by atoms with van der Waals surface area (Å²) in [6.07, 6.45) is 1.04. The maximum atomic E-state index is 11.6. The number of amides is 1. The van der Waals surface area contributed by atoms with E-state index in [9.17, 15) is 4.79 Å². The van der Waals surface area contributed by atoms with Gasteiger partial charge in [0.1, 0.15) is 0 Å². The molecule has 3 aromatic rings. The average Bonchev–Trinajstić information content (AvgIpc) is 3.26. The summed E-state index contributed by atoms with van der Waals surface area (Å²) in [6, 6.07) is 16.1. The molecule has 2 heterocycles. The van der Waals surface area contributed by atoms with Crippen LogP contribution in [0.1, 0.15) is 41.8 Å². The molecule has 0 bridgehead atoms. The third-order valence-corrected chi connectivity index (χ3v) is 6.34. The molecule has 4 rings (SSSR count). The SMILES string of the molecule is CC1CN(Cc2ccc(-c3nn[nH]n3)cc2)CCC1(C)c1cccc(C(N)=O)c1. The largest absolute Gasteiger partial charge is 0.366 e. The Balaban J connectivity index is 1.43. The summed E-state index contributed by atoms with van der Waals surface area (Å²) in [7, 11) is 0. The van der Waals surface area contributed by atoms with Crippen molar-refractivity contribution in [3.05, 3.63) is 65.2 Å². The van der Waals surface area contributed by atoms with E-state index in [1.807, 2.05) is 24.3 Å². The summed E-state index contributed by atoms with van der Waals surface area (Å²) in [4.78, 5) is 14.1. The second-order valence-corrected chi connectivity index (χ2v) is 8.18. The average molecular weight is 390 g/mol. The first-order chi connectivity index (χ1) is 14.0. The smallest absolute Gasteiger partial charge is 0.248 e. The van der Waals surface area contributed by atoms with E-state index in [0.717, 1.165) is 31.6 Å². The number of carbonyl (C=O) groups is 1. The zero-order chi connectivity index (χ0) is 20.4. The number of carbonyl (C=O) groups excluding carboxylic acids is 1. The summed E-state index contributed by atoms with van der Waals surface area (Å²) >= 11 is 0. The van der Waals surface area contributed by atoms with Crippen molar-refractivity contribution in [2.24, 2.45) is 11.7 Å². The molecule has 29 heavy (non-hydrogen) atoms. The van der Waals surface area contributed by atoms with Crippen LogP contribution in [-0.2, 0) is 12.0 Å². The monoisotopic (exact) mass is 390 g/mol. The lowest BCUT2D eigenvalue weighted by molar-refractivity contribution is 0.0996. The Hall–Kier alpha value is -3.06. The minimum absolute atomic E-state index is 0.0322. The third kappa shape index (κ3) is 3.91. The number of aromatic amines is 1. The van der Waals surface area contributed by atoms with Crippen molar-refractivity contribution in [1.82, 2.24) is 25.5 Å². The van der Waals surface area contributed by atoms with Gasteiger partial charge in [0.2, 0.25) is 11.7 Å². The van der Waals surface area contributed by atoms with E-state index in [-0.39, 0.29) is 11.3 Å². The number of rotatable bonds is 5. The first-order valence-electron chi connectivity index (χ1n) is 9.91. The lowest BCUT2D eigenvalue weighted by atomic mass is 9.68. The van der Waals surface area contributed by atoms with Gasteiger partial charge in [0.05, 0.1) is 0 Å². The molecule has 0 spiro atoms. The number of aromatic nitrogens is 4. The quantitative estimate of drug-likeness (QED) is 0.698. The number of benzene rings is 2. The van der Waals surface area contributed by atoms with Gasteiger partial charge in [-0.2, -0.15) is 5.21 Å². The number of primary amides is 1. The van der Waals surface area contributed by atoms with Crippen molar-refractivity contribution in [1.29, 1.82) is 0 Å². The fraction of sp³-hybridized carbons (Fsp3) is 0.364. The molecule has 2 unspecified atom stereocenters. The number of piperidine rings is 1. The van der Waals surface area contributed by atoms with Gasteiger partial charge >= 0.3 is 0 Å². The van der Waals surface area contributed by atoms with Crippen LogP contribution in [-0.4, -0.2) is 44.5 Å². The van der Waals surface area contributed by atoms with Crippen LogP contribution in [0.3, 0.4) is 0 Å². The van der Waals surface area contributed by atoms with Crippen LogP contribution in [0, 0.1) is 5.92 Å². The standard InChI is InChI=1S/C22H26N6O/c1-15-13-28(14-16-6-8-17(9-7-16)21-24-26-27-25-21)11-10-22(15,2)19-5-3-4-18(12-19)20(23)29/h3-9,12,15H,10-11,13-14H2,1-2H3,(H2,23,29)(H,24,25,26,27). The molecule has 1 saturated heterocycles. The van der Waals surface area contributed by atoms with Crippen LogP contribution >= 0.6 is 0 Å². The molecule has 3 N–H and O–H groups in total. The van der Waals surface area contributed by atoms with E-state index in [1.165, 1.54) is 11.1 Å². The van der Waals surface area contributed by atoms with E-state index < -0.39 is 0 Å². The fourth-order valence-electron chi connectivity index (χ4n) is 4.22. The number of tetrazole rings is 1. The van der Waals surface area contributed by atoms with Crippen LogP contribution in [0.25, 0.3) is 11.4 Å². The van der Waals surface area contributed by atoms with E-state index in [2.05, 4.69) is 57.6 Å². The molecule has 150 valence electrons. The highest BCUT2D eigenvalue weighted by Gasteiger charge is 2.38. The lowest BCUT2D eigenvalue weighted by Gasteiger charge is -2.45. The van der Waals surface area contributed by atoms with Gasteiger partial charge in [-0.1, -0.05) is 50.2 Å². The summed E-state index contributed by atoms with van der Waals surface area (Å²) in [5.41, 5.74) is 9.52. The number of nitrogens with zero attached hydrogens (tertiary/aromatic N) is 4. The van der Waals surface area contributed by atoms with E-state index in [0.29, 0.717) is 17.3 Å². The number of likely N-dealkylation sites (tertiary alicyclic amines) is 1. The summed E-state index contributed by atoms with van der Waals surface area (Å²) < 4.78 is 0. The molecule has 0 saturated carbocycles. The summed E-state index contributed by atoms with van der Waals surface area (Å²) in [5.74, 6) is 0.694. The van der Waals surface area contributed by atoms with Crippen molar-refractivity contribution in [2.45, 2.75) is 32.2 Å². The minimum Gasteiger partial charge on any atom is -0.366 e. The molecule has 2 atom stereocenters. The topological polar surface area (TPSA) is 101 Å². The van der Waals surface area contributed by atoms with E-state index in [1.54, 1.807) is 6.07 Å². The number of H-pyrrole nitrogens is 1. The van der Waals surface area contributed by atoms with Gasteiger partial charge in [-0.15, -0.1) is 10.2 Å². The Morgan fingerprint density at radius 1 is 1.28 bits per heavy atom. The second kappa shape index (κ2) is 7.75. The predicted octanol–water partition coefficient (Wildman–Crippen LogP) is 2.77. The summed E-state index contributed by atoms with van der Waals surface area (Å²) in [5, 5.41) is 14.1. The second-order valence-electron chi connectivity index (χ2n) is 8.18. The van der Waals surface area contributed by atoms with Crippen LogP contribution in [0.5, 0.6) is 0 Å². The lowest BCUT2D eigenvalue weighted by Crippen LogP contribution is -2.47. The zero-order valence-electron chi connectivity index (χ0n) is 16.8. The van der Waals surface area contributed by atoms with Crippen molar-refractivity contribution in [3.8, 4) is 11.4 Å². The third-order valence-electron chi connectivity index (χ3n) is 6.34. The number of hydrogen-bond donors (Lipinski definition) is 2. The molecular formula is C22H26N6O. The highest BCUT2D eigenvalue weighted by atomic mass is 16.1. The van der Waals surface area contributed by atoms with Crippen LogP contribution in [0.15, 0.2) is 48.5 Å². The Morgan fingerprint density at radius 2 is 2.07 bits per heavy atom. The van der Waals surface area contributed by atoms with Gasteiger partial charge in [0, 0.05) is 24.2 Å². The molecule has 1 aliphatic heterocycles. The molecule has 0 aliphatic carbocycles. The van der Waals surface area contributed by atoms with Gasteiger partial charge in [-0.05, 0) is 52.8 Å². The minimum atomic E-state index is -0.371. The molecule has 7 heteroatoms. The van der Waals surface area contributed by atoms with Crippen LogP contribution in [0.2, 0.25) is 0 Å². The Kier molecular flexibility index (Phi) is 5.15. The van der Waals surface area contributed by atoms with Gasteiger partial charge in [0.15, 0.2) is 0 Å². The molecule has 0 radical (unpaired) electrons. The molecule has 7 nitrogen and oxygen atoms in total. The molecule has 1 fully saturated rings. The van der Waals surface area contributed by atoms with Gasteiger partial charge in [-0.25, -0.2) is 0 Å². The summed E-state index contributed by atoms with van der Waals surface area (Å²) in [6.45, 7) is 7.52. The maximum Gasteiger partial charge on any atom is 0.248 e. The Bertz CT molecular complexity index is 985. The van der Waals surface area contributed by atoms with Gasteiger partial charge < -0.3 is 5.73 Å². The van der Waals surface area contributed by atoms with E-state index >= 15 is 0 Å². The molecule has 1 aliphatic rings. The first kappa shape index (κ1) is 19.3. The van der Waals surface area contributed by atoms with Crippen molar-refractivity contribution in [3.63, 3.8) is 0 Å². The Labute approximate surface area is 170 Å². The van der Waals surface area contributed by atoms with Crippen molar-refractivity contribution < 1.29 is 4.79 Å². The number of nitrogens with one attached hydrogen (secondary N) is 1. The van der Waals surface area contributed by atoms with Crippen LogP contribution < -0.4 is 5.73 Å². The Morgan fingerprint density at radius 3 is 2.72 bits per heavy atom. The zero-order valence-corrected chi connectivity index (χ0v) is 16.8. The van der Waals surface area contributed by atoms with Crippen molar-refractivity contribution >= 4 is 5.91 Å². The van der Waals surface area contributed by atoms with E-state index in [4.69, 9.17) is 5.73 Å². The van der Waals surface area contributed by atoms with Gasteiger partial charge in [-0.3, -0.25) is 9.69 Å². The predicted molar refractivity (Wildman–Crippen MR) is 111 cm³/mol. The van der Waals surface area contributed by atoms with Crippen LogP contribution in [0.4, 0.5) is 0 Å². The highest BCUT2D eigenvalue weighted by Crippen LogP contribution is 2.40. The number of nitrogens with two attached hydrogens (primary N) is 1. The van der Waals surface area contributed by atoms with Gasteiger partial charge in [0.25, 0.3) is 0 Å². The van der Waals surface area contributed by atoms with Crippen molar-refractivity contribution in [2.75, 3.05) is 13.1 Å². The molecular weight excluding hydrogens is 364 g/mol.